The maximum Gasteiger partial charge on any atom is 0.261 e. The predicted molar refractivity (Wildman–Crippen MR) is 110 cm³/mol. The average Bonchev–Trinajstić information content (AvgIpc) is 2.64. The van der Waals surface area contributed by atoms with E-state index in [0.717, 1.165) is 5.56 Å². The number of sulfonamides is 2. The van der Waals surface area contributed by atoms with Gasteiger partial charge in [-0.3, -0.25) is 4.72 Å². The summed E-state index contributed by atoms with van der Waals surface area (Å²) in [5, 5.41) is 0. The summed E-state index contributed by atoms with van der Waals surface area (Å²) in [5.41, 5.74) is 1.09. The van der Waals surface area contributed by atoms with Crippen molar-refractivity contribution in [3.63, 3.8) is 0 Å². The van der Waals surface area contributed by atoms with Crippen LogP contribution in [0, 0.1) is 6.92 Å². The number of anilines is 1. The number of aryl methyl sites for hydroxylation is 1. The second-order valence-electron chi connectivity index (χ2n) is 6.10. The van der Waals surface area contributed by atoms with Gasteiger partial charge in [-0.05, 0) is 44.2 Å². The zero-order valence-corrected chi connectivity index (χ0v) is 18.1. The fourth-order valence-corrected chi connectivity index (χ4v) is 5.35. The third-order valence-electron chi connectivity index (χ3n) is 4.15. The fraction of sp³-hybridized carbons (Fsp3) is 0.368. The van der Waals surface area contributed by atoms with Gasteiger partial charge in [-0.15, -0.1) is 0 Å². The zero-order chi connectivity index (χ0) is 20.9. The van der Waals surface area contributed by atoms with Crippen LogP contribution in [0.4, 0.5) is 5.69 Å². The Morgan fingerprint density at radius 3 is 2.07 bits per heavy atom. The van der Waals surface area contributed by atoms with Crippen LogP contribution in [0.1, 0.15) is 26.3 Å². The first kappa shape index (κ1) is 22.2. The molecule has 0 amide bonds. The van der Waals surface area contributed by atoms with Crippen molar-refractivity contribution in [2.24, 2.45) is 0 Å². The second-order valence-corrected chi connectivity index (χ2v) is 9.69. The molecule has 0 radical (unpaired) electrons. The van der Waals surface area contributed by atoms with Crippen molar-refractivity contribution in [3.05, 3.63) is 48.0 Å². The maximum absolute atomic E-state index is 13.0. The van der Waals surface area contributed by atoms with Crippen LogP contribution in [0.25, 0.3) is 0 Å². The van der Waals surface area contributed by atoms with E-state index in [4.69, 9.17) is 4.74 Å². The van der Waals surface area contributed by atoms with E-state index < -0.39 is 20.0 Å². The van der Waals surface area contributed by atoms with Crippen molar-refractivity contribution >= 4 is 25.7 Å². The Morgan fingerprint density at radius 2 is 1.54 bits per heavy atom. The Hall–Kier alpha value is -2.10. The Morgan fingerprint density at radius 1 is 0.929 bits per heavy atom. The van der Waals surface area contributed by atoms with Gasteiger partial charge in [0.25, 0.3) is 10.0 Å². The standard InChI is InChI=1S/C19H26N2O5S2/c1-5-21(6-2)28(24,25)19-14-16(10-13-18(19)26-7-3)20-27(22,23)17-11-8-15(4)9-12-17/h8-14,20H,5-7H2,1-4H3. The summed E-state index contributed by atoms with van der Waals surface area (Å²) < 4.78 is 60.4. The Kier molecular flexibility index (Phi) is 7.08. The topological polar surface area (TPSA) is 92.8 Å². The van der Waals surface area contributed by atoms with E-state index in [1.54, 1.807) is 32.9 Å². The van der Waals surface area contributed by atoms with E-state index in [9.17, 15) is 16.8 Å². The number of hydrogen-bond donors (Lipinski definition) is 1. The van der Waals surface area contributed by atoms with E-state index >= 15 is 0 Å². The van der Waals surface area contributed by atoms with Gasteiger partial charge < -0.3 is 4.74 Å². The molecular formula is C19H26N2O5S2. The van der Waals surface area contributed by atoms with Crippen LogP contribution in [-0.4, -0.2) is 40.8 Å². The van der Waals surface area contributed by atoms with Crippen molar-refractivity contribution in [2.75, 3.05) is 24.4 Å². The van der Waals surface area contributed by atoms with Gasteiger partial charge in [0.05, 0.1) is 17.2 Å². The average molecular weight is 427 g/mol. The number of ether oxygens (including phenoxy) is 1. The highest BCUT2D eigenvalue weighted by molar-refractivity contribution is 7.92. The van der Waals surface area contributed by atoms with Gasteiger partial charge in [0.2, 0.25) is 10.0 Å². The minimum atomic E-state index is -3.85. The molecule has 1 N–H and O–H groups in total. The van der Waals surface area contributed by atoms with Crippen LogP contribution in [0.3, 0.4) is 0 Å². The molecule has 7 nitrogen and oxygen atoms in total. The monoisotopic (exact) mass is 426 g/mol. The van der Waals surface area contributed by atoms with Gasteiger partial charge >= 0.3 is 0 Å². The second kappa shape index (κ2) is 8.93. The summed E-state index contributed by atoms with van der Waals surface area (Å²) in [7, 11) is -7.68. The van der Waals surface area contributed by atoms with Gasteiger partial charge in [0.1, 0.15) is 10.6 Å². The normalized spacial score (nSPS) is 12.2. The molecule has 0 heterocycles. The first-order chi connectivity index (χ1) is 13.2. The highest BCUT2D eigenvalue weighted by Gasteiger charge is 2.27. The van der Waals surface area contributed by atoms with Crippen LogP contribution < -0.4 is 9.46 Å². The van der Waals surface area contributed by atoms with Crippen molar-refractivity contribution in [1.82, 2.24) is 4.31 Å². The molecule has 0 atom stereocenters. The molecule has 2 aromatic rings. The van der Waals surface area contributed by atoms with Gasteiger partial charge in [-0.25, -0.2) is 16.8 Å². The lowest BCUT2D eigenvalue weighted by molar-refractivity contribution is 0.329. The molecule has 0 aromatic heterocycles. The largest absolute Gasteiger partial charge is 0.492 e. The number of nitrogens with one attached hydrogen (secondary N) is 1. The van der Waals surface area contributed by atoms with Crippen molar-refractivity contribution in [2.45, 2.75) is 37.5 Å². The molecule has 0 aliphatic carbocycles. The van der Waals surface area contributed by atoms with E-state index in [1.807, 2.05) is 6.92 Å². The van der Waals surface area contributed by atoms with Gasteiger partial charge in [0, 0.05) is 13.1 Å². The smallest absolute Gasteiger partial charge is 0.261 e. The highest BCUT2D eigenvalue weighted by Crippen LogP contribution is 2.31. The first-order valence-electron chi connectivity index (χ1n) is 9.02. The number of nitrogens with zero attached hydrogens (tertiary/aromatic N) is 1. The summed E-state index contributed by atoms with van der Waals surface area (Å²) in [6.45, 7) is 7.97. The lowest BCUT2D eigenvalue weighted by atomic mass is 10.2. The van der Waals surface area contributed by atoms with Crippen LogP contribution in [-0.2, 0) is 20.0 Å². The number of hydrogen-bond acceptors (Lipinski definition) is 5. The highest BCUT2D eigenvalue weighted by atomic mass is 32.2. The molecule has 0 spiro atoms. The molecule has 0 fully saturated rings. The van der Waals surface area contributed by atoms with Crippen molar-refractivity contribution in [1.29, 1.82) is 0 Å². The third-order valence-corrected chi connectivity index (χ3v) is 7.62. The van der Waals surface area contributed by atoms with E-state index in [-0.39, 0.29) is 27.8 Å². The van der Waals surface area contributed by atoms with E-state index in [2.05, 4.69) is 4.72 Å². The first-order valence-corrected chi connectivity index (χ1v) is 11.9. The molecule has 0 aliphatic rings. The minimum absolute atomic E-state index is 0.0674. The molecule has 154 valence electrons. The van der Waals surface area contributed by atoms with Gasteiger partial charge in [-0.2, -0.15) is 4.31 Å². The van der Waals surface area contributed by atoms with E-state index in [0.29, 0.717) is 13.1 Å². The quantitative estimate of drug-likeness (QED) is 0.665. The van der Waals surface area contributed by atoms with Crippen LogP contribution >= 0.6 is 0 Å². The molecule has 0 aliphatic heterocycles. The summed E-state index contributed by atoms with van der Waals surface area (Å²) in [4.78, 5) is 0.0299. The van der Waals surface area contributed by atoms with Crippen LogP contribution in [0.5, 0.6) is 5.75 Å². The molecule has 28 heavy (non-hydrogen) atoms. The summed E-state index contributed by atoms with van der Waals surface area (Å²) in [6.07, 6.45) is 0. The molecule has 0 saturated carbocycles. The Labute approximate surface area is 167 Å². The molecular weight excluding hydrogens is 400 g/mol. The molecule has 0 bridgehead atoms. The number of benzene rings is 2. The summed E-state index contributed by atoms with van der Waals surface area (Å²) in [5.74, 6) is 0.188. The SMILES string of the molecule is CCOc1ccc(NS(=O)(=O)c2ccc(C)cc2)cc1S(=O)(=O)N(CC)CC. The fourth-order valence-electron chi connectivity index (χ4n) is 2.68. The van der Waals surface area contributed by atoms with Crippen molar-refractivity contribution in [3.8, 4) is 5.75 Å². The van der Waals surface area contributed by atoms with Crippen LogP contribution in [0.2, 0.25) is 0 Å². The minimum Gasteiger partial charge on any atom is -0.492 e. The van der Waals surface area contributed by atoms with E-state index in [1.165, 1.54) is 34.6 Å². The predicted octanol–water partition coefficient (Wildman–Crippen LogP) is 3.23. The molecule has 2 aromatic carbocycles. The summed E-state index contributed by atoms with van der Waals surface area (Å²) in [6, 6.07) is 10.6. The molecule has 0 saturated heterocycles. The summed E-state index contributed by atoms with van der Waals surface area (Å²) >= 11 is 0. The Balaban J connectivity index is 2.48. The molecule has 0 unspecified atom stereocenters. The lowest BCUT2D eigenvalue weighted by Gasteiger charge is -2.21. The van der Waals surface area contributed by atoms with Gasteiger partial charge in [0.15, 0.2) is 0 Å². The van der Waals surface area contributed by atoms with Crippen LogP contribution in [0.15, 0.2) is 52.3 Å². The number of rotatable bonds is 9. The van der Waals surface area contributed by atoms with Gasteiger partial charge in [-0.1, -0.05) is 31.5 Å². The third kappa shape index (κ3) is 4.84. The Bertz CT molecular complexity index is 1010. The van der Waals surface area contributed by atoms with Crippen molar-refractivity contribution < 1.29 is 21.6 Å². The molecule has 9 heteroatoms. The maximum atomic E-state index is 13.0. The molecule has 2 rings (SSSR count). The lowest BCUT2D eigenvalue weighted by Crippen LogP contribution is -2.31. The zero-order valence-electron chi connectivity index (χ0n) is 16.5.